The van der Waals surface area contributed by atoms with Crippen molar-refractivity contribution in [1.82, 2.24) is 0 Å². The molecule has 0 aromatic heterocycles. The Balaban J connectivity index is 2.01. The van der Waals surface area contributed by atoms with Crippen LogP contribution < -0.4 is 10.1 Å². The summed E-state index contributed by atoms with van der Waals surface area (Å²) in [6, 6.07) is 17.4. The van der Waals surface area contributed by atoms with Crippen LogP contribution in [0.5, 0.6) is 5.75 Å². The second-order valence-corrected chi connectivity index (χ2v) is 5.18. The summed E-state index contributed by atoms with van der Waals surface area (Å²) < 4.78 is 5.63. The third kappa shape index (κ3) is 2.19. The van der Waals surface area contributed by atoms with E-state index in [9.17, 15) is 5.26 Å². The smallest absolute Gasteiger partial charge is 0.157 e. The first-order valence-electron chi connectivity index (χ1n) is 6.41. The molecule has 3 nitrogen and oxygen atoms in total. The minimum absolute atomic E-state index is 0.519. The average molecular weight is 285 g/mol. The van der Waals surface area contributed by atoms with Gasteiger partial charge < -0.3 is 10.1 Å². The van der Waals surface area contributed by atoms with E-state index in [0.29, 0.717) is 18.1 Å². The maximum absolute atomic E-state index is 9.71. The fourth-order valence-corrected chi connectivity index (χ4v) is 2.57. The zero-order chi connectivity index (χ0) is 14.0. The van der Waals surface area contributed by atoms with Gasteiger partial charge in [0.25, 0.3) is 0 Å². The maximum Gasteiger partial charge on any atom is 0.157 e. The molecule has 0 spiro atoms. The number of nitriles is 1. The summed E-state index contributed by atoms with van der Waals surface area (Å²) in [6.07, 6.45) is 0.600. The molecule has 100 valence electrons. The van der Waals surface area contributed by atoms with Crippen LogP contribution in [0.2, 0.25) is 5.02 Å². The van der Waals surface area contributed by atoms with Gasteiger partial charge in [-0.3, -0.25) is 0 Å². The monoisotopic (exact) mass is 284 g/mol. The molecule has 0 fully saturated rings. The van der Waals surface area contributed by atoms with Crippen LogP contribution in [0, 0.1) is 11.3 Å². The van der Waals surface area contributed by atoms with Gasteiger partial charge in [0.1, 0.15) is 5.75 Å². The number of hydrogen-bond donors (Lipinski definition) is 1. The van der Waals surface area contributed by atoms with Gasteiger partial charge in [-0.05, 0) is 30.3 Å². The minimum Gasteiger partial charge on any atom is -0.493 e. The number of anilines is 1. The molecule has 2 aromatic carbocycles. The van der Waals surface area contributed by atoms with Crippen LogP contribution in [0.25, 0.3) is 0 Å². The van der Waals surface area contributed by atoms with Gasteiger partial charge in [0.2, 0.25) is 0 Å². The maximum atomic E-state index is 9.71. The number of para-hydroxylation sites is 1. The van der Waals surface area contributed by atoms with Crippen LogP contribution in [0.3, 0.4) is 0 Å². The van der Waals surface area contributed by atoms with Gasteiger partial charge in [-0.1, -0.05) is 29.8 Å². The van der Waals surface area contributed by atoms with E-state index in [-0.39, 0.29) is 0 Å². The third-order valence-corrected chi connectivity index (χ3v) is 3.73. The van der Waals surface area contributed by atoms with Crippen molar-refractivity contribution in [3.8, 4) is 11.8 Å². The highest BCUT2D eigenvalue weighted by Gasteiger charge is 2.38. The number of nitrogens with one attached hydrogen (secondary N) is 1. The lowest BCUT2D eigenvalue weighted by atomic mass is 9.85. The lowest BCUT2D eigenvalue weighted by Gasteiger charge is -2.34. The Kier molecular flexibility index (Phi) is 3.25. The van der Waals surface area contributed by atoms with Crippen molar-refractivity contribution < 1.29 is 4.74 Å². The number of nitrogens with zero attached hydrogens (tertiary/aromatic N) is 1. The fraction of sp³-hybridized carbons (Fsp3) is 0.188. The van der Waals surface area contributed by atoms with Crippen molar-refractivity contribution in [2.24, 2.45) is 0 Å². The predicted molar refractivity (Wildman–Crippen MR) is 78.9 cm³/mol. The van der Waals surface area contributed by atoms with Gasteiger partial charge in [0.15, 0.2) is 5.54 Å². The van der Waals surface area contributed by atoms with E-state index >= 15 is 0 Å². The standard InChI is InChI=1S/C16H13ClN2O/c17-12-5-7-13(8-6-12)19-16(11-18)9-10-20-15-4-2-1-3-14(15)16/h1-8,19H,9-10H2. The number of rotatable bonds is 2. The molecule has 0 amide bonds. The highest BCUT2D eigenvalue weighted by molar-refractivity contribution is 6.30. The van der Waals surface area contributed by atoms with E-state index in [1.165, 1.54) is 0 Å². The Labute approximate surface area is 122 Å². The summed E-state index contributed by atoms with van der Waals surface area (Å²) in [5, 5.41) is 13.7. The Morgan fingerprint density at radius 3 is 2.65 bits per heavy atom. The minimum atomic E-state index is -0.761. The molecule has 1 unspecified atom stereocenters. The molecule has 0 bridgehead atoms. The molecule has 0 aliphatic carbocycles. The van der Waals surface area contributed by atoms with E-state index in [1.54, 1.807) is 12.1 Å². The second kappa shape index (κ2) is 5.07. The number of halogens is 1. The van der Waals surface area contributed by atoms with Crippen molar-refractivity contribution in [3.63, 3.8) is 0 Å². The van der Waals surface area contributed by atoms with E-state index < -0.39 is 5.54 Å². The van der Waals surface area contributed by atoms with Crippen molar-refractivity contribution in [2.75, 3.05) is 11.9 Å². The van der Waals surface area contributed by atoms with Crippen molar-refractivity contribution in [3.05, 3.63) is 59.1 Å². The summed E-state index contributed by atoms with van der Waals surface area (Å²) in [5.41, 5.74) is 0.985. The van der Waals surface area contributed by atoms with Crippen LogP contribution in [-0.2, 0) is 5.54 Å². The van der Waals surface area contributed by atoms with E-state index in [1.807, 2.05) is 36.4 Å². The highest BCUT2D eigenvalue weighted by atomic mass is 35.5. The summed E-state index contributed by atoms with van der Waals surface area (Å²) in [7, 11) is 0. The van der Waals surface area contributed by atoms with E-state index in [2.05, 4.69) is 11.4 Å². The zero-order valence-corrected chi connectivity index (χ0v) is 11.5. The van der Waals surface area contributed by atoms with Gasteiger partial charge >= 0.3 is 0 Å². The molecule has 1 aliphatic rings. The van der Waals surface area contributed by atoms with E-state index in [4.69, 9.17) is 16.3 Å². The topological polar surface area (TPSA) is 45.0 Å². The number of hydrogen-bond acceptors (Lipinski definition) is 3. The molecule has 1 N–H and O–H groups in total. The van der Waals surface area contributed by atoms with Crippen molar-refractivity contribution >= 4 is 17.3 Å². The van der Waals surface area contributed by atoms with Gasteiger partial charge in [0, 0.05) is 22.7 Å². The molecule has 20 heavy (non-hydrogen) atoms. The SMILES string of the molecule is N#CC1(Nc2ccc(Cl)cc2)CCOc2ccccc21. The summed E-state index contributed by atoms with van der Waals surface area (Å²) in [5.74, 6) is 0.766. The van der Waals surface area contributed by atoms with Crippen LogP contribution >= 0.6 is 11.6 Å². The predicted octanol–water partition coefficient (Wildman–Crippen LogP) is 3.95. The molecular formula is C16H13ClN2O. The van der Waals surface area contributed by atoms with Gasteiger partial charge in [0.05, 0.1) is 12.7 Å². The molecule has 4 heteroatoms. The van der Waals surface area contributed by atoms with Gasteiger partial charge in [-0.15, -0.1) is 0 Å². The summed E-state index contributed by atoms with van der Waals surface area (Å²) in [4.78, 5) is 0. The fourth-order valence-electron chi connectivity index (χ4n) is 2.45. The number of fused-ring (bicyclic) bond motifs is 1. The average Bonchev–Trinajstić information content (AvgIpc) is 2.50. The second-order valence-electron chi connectivity index (χ2n) is 4.74. The normalized spacial score (nSPS) is 20.4. The Hall–Kier alpha value is -2.18. The Bertz CT molecular complexity index is 663. The highest BCUT2D eigenvalue weighted by Crippen LogP contribution is 2.39. The molecule has 1 aliphatic heterocycles. The molecule has 0 radical (unpaired) electrons. The molecule has 1 atom stereocenters. The summed E-state index contributed by atoms with van der Waals surface area (Å²) >= 11 is 5.89. The first-order valence-corrected chi connectivity index (χ1v) is 6.79. The molecule has 0 saturated carbocycles. The Morgan fingerprint density at radius 1 is 1.15 bits per heavy atom. The van der Waals surface area contributed by atoms with Crippen LogP contribution in [0.1, 0.15) is 12.0 Å². The summed E-state index contributed by atoms with van der Waals surface area (Å²) in [6.45, 7) is 0.519. The van der Waals surface area contributed by atoms with Gasteiger partial charge in [-0.2, -0.15) is 5.26 Å². The largest absolute Gasteiger partial charge is 0.493 e. The van der Waals surface area contributed by atoms with Crippen LogP contribution in [0.4, 0.5) is 5.69 Å². The van der Waals surface area contributed by atoms with Gasteiger partial charge in [-0.25, -0.2) is 0 Å². The molecule has 3 rings (SSSR count). The first-order chi connectivity index (χ1) is 9.73. The lowest BCUT2D eigenvalue weighted by molar-refractivity contribution is 0.253. The van der Waals surface area contributed by atoms with Crippen LogP contribution in [0.15, 0.2) is 48.5 Å². The number of ether oxygens (including phenoxy) is 1. The lowest BCUT2D eigenvalue weighted by Crippen LogP contribution is -2.38. The van der Waals surface area contributed by atoms with Crippen molar-refractivity contribution in [1.29, 1.82) is 5.26 Å². The molecule has 0 saturated heterocycles. The molecule has 1 heterocycles. The van der Waals surface area contributed by atoms with Crippen LogP contribution in [-0.4, -0.2) is 6.61 Å². The third-order valence-electron chi connectivity index (χ3n) is 3.47. The molecule has 2 aromatic rings. The first kappa shape index (κ1) is 12.8. The van der Waals surface area contributed by atoms with Crippen molar-refractivity contribution in [2.45, 2.75) is 12.0 Å². The number of benzene rings is 2. The molecular weight excluding hydrogens is 272 g/mol. The zero-order valence-electron chi connectivity index (χ0n) is 10.8. The quantitative estimate of drug-likeness (QED) is 0.908. The van der Waals surface area contributed by atoms with E-state index in [0.717, 1.165) is 17.0 Å². The Morgan fingerprint density at radius 2 is 1.90 bits per heavy atom.